The second-order valence-corrected chi connectivity index (χ2v) is 4.73. The number of halogens is 1. The average Bonchev–Trinajstić information content (AvgIpc) is 2.74. The van der Waals surface area contributed by atoms with Gasteiger partial charge in [0.1, 0.15) is 11.5 Å². The fourth-order valence-electron chi connectivity index (χ4n) is 2.13. The summed E-state index contributed by atoms with van der Waals surface area (Å²) in [6, 6.07) is 12.8. The Labute approximate surface area is 110 Å². The summed E-state index contributed by atoms with van der Waals surface area (Å²) in [5.41, 5.74) is 1.91. The van der Waals surface area contributed by atoms with Crippen molar-refractivity contribution < 1.29 is 9.53 Å². The van der Waals surface area contributed by atoms with Crippen molar-refractivity contribution in [2.24, 2.45) is 0 Å². The second-order valence-electron chi connectivity index (χ2n) is 4.30. The normalized spacial score (nSPS) is 13.5. The molecule has 1 aliphatic rings. The zero-order valence-corrected chi connectivity index (χ0v) is 10.4. The Kier molecular flexibility index (Phi) is 2.80. The number of hydrogen-bond donors (Lipinski definition) is 0. The Morgan fingerprint density at radius 1 is 0.944 bits per heavy atom. The minimum Gasteiger partial charge on any atom is -0.457 e. The number of hydrogen-bond acceptors (Lipinski definition) is 2. The smallest absolute Gasteiger partial charge is 0.163 e. The molecule has 0 saturated heterocycles. The van der Waals surface area contributed by atoms with Crippen molar-refractivity contribution in [3.63, 3.8) is 0 Å². The lowest BCUT2D eigenvalue weighted by Crippen LogP contribution is -1.91. The van der Waals surface area contributed by atoms with E-state index in [1.54, 1.807) is 12.1 Å². The Balaban J connectivity index is 1.86. The van der Waals surface area contributed by atoms with Crippen LogP contribution in [-0.2, 0) is 6.42 Å². The van der Waals surface area contributed by atoms with Crippen molar-refractivity contribution in [3.8, 4) is 11.5 Å². The summed E-state index contributed by atoms with van der Waals surface area (Å²) >= 11 is 5.81. The number of ether oxygens (including phenoxy) is 1. The van der Waals surface area contributed by atoms with E-state index >= 15 is 0 Å². The molecule has 0 fully saturated rings. The summed E-state index contributed by atoms with van der Waals surface area (Å²) in [6.45, 7) is 0. The molecule has 0 aromatic heterocycles. The molecule has 3 rings (SSSR count). The molecule has 1 aliphatic carbocycles. The van der Waals surface area contributed by atoms with E-state index in [0.717, 1.165) is 29.0 Å². The first-order valence-electron chi connectivity index (χ1n) is 5.82. The molecule has 2 aromatic rings. The third-order valence-electron chi connectivity index (χ3n) is 3.05. The van der Waals surface area contributed by atoms with E-state index in [1.807, 2.05) is 30.3 Å². The van der Waals surface area contributed by atoms with Crippen molar-refractivity contribution in [3.05, 3.63) is 58.6 Å². The Hall–Kier alpha value is -1.80. The van der Waals surface area contributed by atoms with Crippen LogP contribution in [0.3, 0.4) is 0 Å². The van der Waals surface area contributed by atoms with E-state index in [9.17, 15) is 4.79 Å². The summed E-state index contributed by atoms with van der Waals surface area (Å²) in [5.74, 6) is 1.72. The van der Waals surface area contributed by atoms with Gasteiger partial charge in [0, 0.05) is 17.0 Å². The van der Waals surface area contributed by atoms with E-state index in [1.165, 1.54) is 0 Å². The highest BCUT2D eigenvalue weighted by Gasteiger charge is 2.19. The fraction of sp³-hybridized carbons (Fsp3) is 0.133. The molecule has 0 heterocycles. The predicted molar refractivity (Wildman–Crippen MR) is 70.6 cm³/mol. The summed E-state index contributed by atoms with van der Waals surface area (Å²) in [6.07, 6.45) is 1.42. The minimum absolute atomic E-state index is 0.225. The molecular weight excluding hydrogens is 248 g/mol. The minimum atomic E-state index is 0.225. The summed E-state index contributed by atoms with van der Waals surface area (Å²) in [4.78, 5) is 11.5. The molecular formula is C15H11ClO2. The first-order valence-corrected chi connectivity index (χ1v) is 6.20. The molecule has 18 heavy (non-hydrogen) atoms. The Morgan fingerprint density at radius 3 is 2.44 bits per heavy atom. The van der Waals surface area contributed by atoms with Crippen LogP contribution < -0.4 is 4.74 Å². The van der Waals surface area contributed by atoms with E-state index in [4.69, 9.17) is 16.3 Å². The van der Waals surface area contributed by atoms with Crippen LogP contribution in [0.5, 0.6) is 11.5 Å². The van der Waals surface area contributed by atoms with E-state index < -0.39 is 0 Å². The van der Waals surface area contributed by atoms with Gasteiger partial charge in [-0.2, -0.15) is 0 Å². The lowest BCUT2D eigenvalue weighted by Gasteiger charge is -2.07. The lowest BCUT2D eigenvalue weighted by molar-refractivity contribution is 0.0994. The van der Waals surface area contributed by atoms with Crippen LogP contribution in [0.1, 0.15) is 22.3 Å². The number of Topliss-reactive ketones (excluding diaryl/α,β-unsaturated/α-hetero) is 1. The topological polar surface area (TPSA) is 26.3 Å². The number of fused-ring (bicyclic) bond motifs is 1. The fourth-order valence-corrected chi connectivity index (χ4v) is 2.26. The Morgan fingerprint density at radius 2 is 1.67 bits per heavy atom. The number of carbonyl (C=O) groups is 1. The van der Waals surface area contributed by atoms with Crippen molar-refractivity contribution in [1.29, 1.82) is 0 Å². The van der Waals surface area contributed by atoms with E-state index in [-0.39, 0.29) is 5.78 Å². The van der Waals surface area contributed by atoms with Gasteiger partial charge in [0.05, 0.1) is 0 Å². The molecule has 0 atom stereocenters. The van der Waals surface area contributed by atoms with Crippen molar-refractivity contribution in [2.75, 3.05) is 0 Å². The highest BCUT2D eigenvalue weighted by Crippen LogP contribution is 2.29. The number of carbonyl (C=O) groups excluding carboxylic acids is 1. The summed E-state index contributed by atoms with van der Waals surface area (Å²) in [7, 11) is 0. The van der Waals surface area contributed by atoms with Crippen LogP contribution in [0.2, 0.25) is 5.02 Å². The van der Waals surface area contributed by atoms with Gasteiger partial charge in [-0.1, -0.05) is 11.6 Å². The molecule has 90 valence electrons. The van der Waals surface area contributed by atoms with Gasteiger partial charge in [-0.15, -0.1) is 0 Å². The molecule has 0 aliphatic heterocycles. The van der Waals surface area contributed by atoms with Gasteiger partial charge in [-0.3, -0.25) is 4.79 Å². The molecule has 0 spiro atoms. The molecule has 0 N–H and O–H groups in total. The largest absolute Gasteiger partial charge is 0.457 e. The van der Waals surface area contributed by atoms with Crippen LogP contribution in [0.4, 0.5) is 0 Å². The standard InChI is InChI=1S/C15H11ClO2/c16-11-2-4-12(5-3-11)18-13-6-7-14-10(9-13)1-8-15(14)17/h2-7,9H,1,8H2. The number of aryl methyl sites for hydroxylation is 1. The highest BCUT2D eigenvalue weighted by atomic mass is 35.5. The summed E-state index contributed by atoms with van der Waals surface area (Å²) < 4.78 is 5.72. The molecule has 0 unspecified atom stereocenters. The van der Waals surface area contributed by atoms with Crippen LogP contribution >= 0.6 is 11.6 Å². The molecule has 0 bridgehead atoms. The third-order valence-corrected chi connectivity index (χ3v) is 3.30. The van der Waals surface area contributed by atoms with Gasteiger partial charge in [0.15, 0.2) is 5.78 Å². The van der Waals surface area contributed by atoms with E-state index in [2.05, 4.69) is 0 Å². The average molecular weight is 259 g/mol. The first-order chi connectivity index (χ1) is 8.72. The zero-order chi connectivity index (χ0) is 12.5. The maximum absolute atomic E-state index is 11.5. The number of benzene rings is 2. The van der Waals surface area contributed by atoms with E-state index in [0.29, 0.717) is 11.4 Å². The molecule has 0 saturated carbocycles. The molecule has 0 radical (unpaired) electrons. The monoisotopic (exact) mass is 258 g/mol. The van der Waals surface area contributed by atoms with Crippen LogP contribution in [-0.4, -0.2) is 5.78 Å². The SMILES string of the molecule is O=C1CCc2cc(Oc3ccc(Cl)cc3)ccc21. The van der Waals surface area contributed by atoms with Gasteiger partial charge in [-0.05, 0) is 54.4 Å². The van der Waals surface area contributed by atoms with Gasteiger partial charge < -0.3 is 4.74 Å². The number of ketones is 1. The van der Waals surface area contributed by atoms with Crippen LogP contribution in [0, 0.1) is 0 Å². The van der Waals surface area contributed by atoms with Gasteiger partial charge in [0.25, 0.3) is 0 Å². The molecule has 0 amide bonds. The summed E-state index contributed by atoms with van der Waals surface area (Å²) in [5, 5.41) is 0.682. The quantitative estimate of drug-likeness (QED) is 0.804. The van der Waals surface area contributed by atoms with Crippen molar-refractivity contribution in [2.45, 2.75) is 12.8 Å². The van der Waals surface area contributed by atoms with Gasteiger partial charge in [0.2, 0.25) is 0 Å². The Bertz CT molecular complexity index is 602. The third kappa shape index (κ3) is 2.12. The van der Waals surface area contributed by atoms with Crippen LogP contribution in [0.15, 0.2) is 42.5 Å². The zero-order valence-electron chi connectivity index (χ0n) is 9.65. The molecule has 2 aromatic carbocycles. The maximum atomic E-state index is 11.5. The van der Waals surface area contributed by atoms with Crippen molar-refractivity contribution in [1.82, 2.24) is 0 Å². The number of rotatable bonds is 2. The lowest BCUT2D eigenvalue weighted by atomic mass is 10.1. The predicted octanol–water partition coefficient (Wildman–Crippen LogP) is 4.26. The van der Waals surface area contributed by atoms with Crippen molar-refractivity contribution >= 4 is 17.4 Å². The van der Waals surface area contributed by atoms with Crippen LogP contribution in [0.25, 0.3) is 0 Å². The highest BCUT2D eigenvalue weighted by molar-refractivity contribution is 6.30. The second kappa shape index (κ2) is 4.46. The maximum Gasteiger partial charge on any atom is 0.163 e. The molecule has 3 heteroatoms. The van der Waals surface area contributed by atoms with Gasteiger partial charge >= 0.3 is 0 Å². The molecule has 2 nitrogen and oxygen atoms in total. The van der Waals surface area contributed by atoms with Gasteiger partial charge in [-0.25, -0.2) is 0 Å². The first kappa shape index (κ1) is 11.3.